The van der Waals surface area contributed by atoms with Gasteiger partial charge in [0.2, 0.25) is 0 Å². The molecule has 0 aromatic carbocycles. The summed E-state index contributed by atoms with van der Waals surface area (Å²) in [6.45, 7) is 0. The van der Waals surface area contributed by atoms with Crippen LogP contribution in [0.25, 0.3) is 11.3 Å². The fraction of sp³-hybridized carbons (Fsp3) is 0. The number of nitrogen functional groups attached to an aromatic ring is 1. The molecule has 2 aromatic rings. The maximum Gasteiger partial charge on any atom is 0.145 e. The Morgan fingerprint density at radius 3 is 2.83 bits per heavy atom. The first kappa shape index (κ1) is 7.82. The number of anilines is 1. The third kappa shape index (κ3) is 1.25. The van der Waals surface area contributed by atoms with Gasteiger partial charge in [0.1, 0.15) is 5.82 Å². The molecular weight excluding hydrogens is 238 g/mol. The number of nitrogens with one attached hydrogen (secondary N) is 1. The molecule has 3 N–H and O–H groups in total. The first-order valence-electron chi connectivity index (χ1n) is 3.30. The molecule has 12 heavy (non-hydrogen) atoms. The quantitative estimate of drug-likeness (QED) is 0.809. The van der Waals surface area contributed by atoms with Crippen molar-refractivity contribution in [1.82, 2.24) is 10.2 Å². The minimum absolute atomic E-state index is 0.517. The average molecular weight is 244 g/mol. The zero-order chi connectivity index (χ0) is 8.55. The van der Waals surface area contributed by atoms with Crippen molar-refractivity contribution in [2.75, 3.05) is 5.73 Å². The number of nitrogens with two attached hydrogens (primary N) is 1. The summed E-state index contributed by atoms with van der Waals surface area (Å²) in [6, 6.07) is 1.81. The zero-order valence-corrected chi connectivity index (χ0v) is 8.45. The van der Waals surface area contributed by atoms with Gasteiger partial charge in [-0.05, 0) is 15.9 Å². The zero-order valence-electron chi connectivity index (χ0n) is 6.04. The van der Waals surface area contributed by atoms with Gasteiger partial charge in [0.05, 0.1) is 5.69 Å². The Morgan fingerprint density at radius 1 is 1.50 bits per heavy atom. The number of nitrogens with zero attached hydrogens (tertiary/aromatic N) is 1. The molecule has 0 spiro atoms. The molecule has 2 rings (SSSR count). The van der Waals surface area contributed by atoms with E-state index >= 15 is 0 Å². The highest BCUT2D eigenvalue weighted by molar-refractivity contribution is 9.10. The predicted octanol–water partition coefficient (Wildman–Crippen LogP) is 2.48. The lowest BCUT2D eigenvalue weighted by Gasteiger charge is -1.90. The van der Waals surface area contributed by atoms with E-state index in [4.69, 9.17) is 5.73 Å². The van der Waals surface area contributed by atoms with Crippen molar-refractivity contribution in [3.8, 4) is 11.3 Å². The summed E-state index contributed by atoms with van der Waals surface area (Å²) < 4.78 is 1.07. The van der Waals surface area contributed by atoms with E-state index in [0.29, 0.717) is 5.82 Å². The van der Waals surface area contributed by atoms with E-state index < -0.39 is 0 Å². The fourth-order valence-corrected chi connectivity index (χ4v) is 2.46. The number of aromatic nitrogens is 2. The molecule has 2 aromatic heterocycles. The summed E-state index contributed by atoms with van der Waals surface area (Å²) in [4.78, 5) is 0. The van der Waals surface area contributed by atoms with Crippen LogP contribution in [0.2, 0.25) is 0 Å². The maximum atomic E-state index is 5.48. The average Bonchev–Trinajstić information content (AvgIpc) is 2.58. The summed E-state index contributed by atoms with van der Waals surface area (Å²) in [6.07, 6.45) is 0. The number of hydrogen-bond donors (Lipinski definition) is 2. The van der Waals surface area contributed by atoms with Crippen LogP contribution in [0, 0.1) is 0 Å². The molecule has 0 unspecified atom stereocenters. The number of rotatable bonds is 1. The van der Waals surface area contributed by atoms with Crippen molar-refractivity contribution in [1.29, 1.82) is 0 Å². The molecule has 5 heteroatoms. The minimum atomic E-state index is 0.517. The van der Waals surface area contributed by atoms with Crippen molar-refractivity contribution in [2.24, 2.45) is 0 Å². The van der Waals surface area contributed by atoms with E-state index in [0.717, 1.165) is 15.7 Å². The van der Waals surface area contributed by atoms with E-state index in [1.54, 1.807) is 11.3 Å². The lowest BCUT2D eigenvalue weighted by atomic mass is 10.2. The molecule has 3 nitrogen and oxygen atoms in total. The number of hydrogen-bond acceptors (Lipinski definition) is 3. The summed E-state index contributed by atoms with van der Waals surface area (Å²) in [5.41, 5.74) is 7.53. The molecule has 0 fully saturated rings. The molecule has 0 bridgehead atoms. The van der Waals surface area contributed by atoms with Crippen LogP contribution in [0.15, 0.2) is 21.3 Å². The monoisotopic (exact) mass is 243 g/mol. The number of H-pyrrole nitrogens is 1. The minimum Gasteiger partial charge on any atom is -0.382 e. The van der Waals surface area contributed by atoms with Crippen molar-refractivity contribution < 1.29 is 0 Å². The van der Waals surface area contributed by atoms with Crippen LogP contribution in [-0.4, -0.2) is 10.2 Å². The molecule has 0 aliphatic carbocycles. The van der Waals surface area contributed by atoms with Crippen LogP contribution in [0.4, 0.5) is 5.82 Å². The molecule has 62 valence electrons. The van der Waals surface area contributed by atoms with Gasteiger partial charge in [0.25, 0.3) is 0 Å². The van der Waals surface area contributed by atoms with Crippen molar-refractivity contribution >= 4 is 33.1 Å². The summed E-state index contributed by atoms with van der Waals surface area (Å²) in [5, 5.41) is 10.8. The number of aromatic amines is 1. The second kappa shape index (κ2) is 2.91. The van der Waals surface area contributed by atoms with Gasteiger partial charge in [-0.15, -0.1) is 0 Å². The Balaban J connectivity index is 2.50. The third-order valence-corrected chi connectivity index (χ3v) is 3.21. The molecule has 0 atom stereocenters. The first-order chi connectivity index (χ1) is 5.77. The SMILES string of the molecule is Nc1cc(-c2cscc2Br)[nH]n1. The highest BCUT2D eigenvalue weighted by atomic mass is 79.9. The largest absolute Gasteiger partial charge is 0.382 e. The van der Waals surface area contributed by atoms with Crippen LogP contribution in [-0.2, 0) is 0 Å². The van der Waals surface area contributed by atoms with Crippen molar-refractivity contribution in [2.45, 2.75) is 0 Å². The third-order valence-electron chi connectivity index (χ3n) is 1.50. The normalized spacial score (nSPS) is 10.4. The van der Waals surface area contributed by atoms with Crippen LogP contribution in [0.5, 0.6) is 0 Å². The van der Waals surface area contributed by atoms with Crippen LogP contribution >= 0.6 is 27.3 Å². The van der Waals surface area contributed by atoms with Gasteiger partial charge < -0.3 is 5.73 Å². The van der Waals surface area contributed by atoms with Gasteiger partial charge in [-0.1, -0.05) is 0 Å². The Labute approximate surface area is 81.7 Å². The lowest BCUT2D eigenvalue weighted by Crippen LogP contribution is -1.81. The molecule has 0 aliphatic rings. The molecular formula is C7H6BrN3S. The molecule has 0 aliphatic heterocycles. The summed E-state index contributed by atoms with van der Waals surface area (Å²) in [7, 11) is 0. The summed E-state index contributed by atoms with van der Waals surface area (Å²) in [5.74, 6) is 0.517. The van der Waals surface area contributed by atoms with E-state index in [9.17, 15) is 0 Å². The first-order valence-corrected chi connectivity index (χ1v) is 5.04. The Kier molecular flexibility index (Phi) is 1.90. The highest BCUT2D eigenvalue weighted by Gasteiger charge is 2.05. The predicted molar refractivity (Wildman–Crippen MR) is 54.0 cm³/mol. The number of halogens is 1. The Bertz CT molecular complexity index is 393. The number of thiophene rings is 1. The van der Waals surface area contributed by atoms with Gasteiger partial charge in [0, 0.05) is 26.9 Å². The topological polar surface area (TPSA) is 54.7 Å². The Hall–Kier alpha value is -0.810. The van der Waals surface area contributed by atoms with Gasteiger partial charge in [-0.2, -0.15) is 16.4 Å². The Morgan fingerprint density at radius 2 is 2.33 bits per heavy atom. The van der Waals surface area contributed by atoms with Crippen molar-refractivity contribution in [3.63, 3.8) is 0 Å². The highest BCUT2D eigenvalue weighted by Crippen LogP contribution is 2.30. The van der Waals surface area contributed by atoms with E-state index in [1.165, 1.54) is 0 Å². The molecule has 2 heterocycles. The van der Waals surface area contributed by atoms with Gasteiger partial charge in [-0.25, -0.2) is 0 Å². The smallest absolute Gasteiger partial charge is 0.145 e. The maximum absolute atomic E-state index is 5.48. The van der Waals surface area contributed by atoms with Crippen LogP contribution < -0.4 is 5.73 Å². The fourth-order valence-electron chi connectivity index (χ4n) is 0.949. The van der Waals surface area contributed by atoms with Crippen molar-refractivity contribution in [3.05, 3.63) is 21.3 Å². The van der Waals surface area contributed by atoms with Gasteiger partial charge in [-0.3, -0.25) is 5.10 Å². The van der Waals surface area contributed by atoms with Crippen LogP contribution in [0.1, 0.15) is 0 Å². The van der Waals surface area contributed by atoms with E-state index in [1.807, 2.05) is 16.8 Å². The van der Waals surface area contributed by atoms with Gasteiger partial charge >= 0.3 is 0 Å². The van der Waals surface area contributed by atoms with E-state index in [-0.39, 0.29) is 0 Å². The standard InChI is InChI=1S/C7H6BrN3S/c8-5-3-12-2-4(5)6-1-7(9)11-10-6/h1-3H,(H3,9,10,11). The molecule has 0 radical (unpaired) electrons. The van der Waals surface area contributed by atoms with E-state index in [2.05, 4.69) is 26.1 Å². The van der Waals surface area contributed by atoms with Gasteiger partial charge in [0.15, 0.2) is 0 Å². The second-order valence-corrected chi connectivity index (χ2v) is 3.94. The molecule has 0 amide bonds. The van der Waals surface area contributed by atoms with Crippen LogP contribution in [0.3, 0.4) is 0 Å². The second-order valence-electron chi connectivity index (χ2n) is 2.34. The summed E-state index contributed by atoms with van der Waals surface area (Å²) >= 11 is 5.07. The lowest BCUT2D eigenvalue weighted by molar-refractivity contribution is 1.10. The molecule has 0 saturated heterocycles. The molecule has 0 saturated carbocycles.